The molecular formula is C11H9FN2O3S. The van der Waals surface area contributed by atoms with Gasteiger partial charge in [0.15, 0.2) is 4.75 Å². The summed E-state index contributed by atoms with van der Waals surface area (Å²) < 4.78 is 36.0. The first-order valence-corrected chi connectivity index (χ1v) is 6.46. The molecule has 0 saturated carbocycles. The molecule has 5 nitrogen and oxygen atoms in total. The Balaban J connectivity index is 2.54. The fourth-order valence-electron chi connectivity index (χ4n) is 1.63. The van der Waals surface area contributed by atoms with Crippen molar-refractivity contribution in [2.45, 2.75) is 18.6 Å². The molecule has 0 radical (unpaired) electrons. The molecule has 0 spiro atoms. The minimum absolute atomic E-state index is 0.0164. The molecule has 2 rings (SSSR count). The third kappa shape index (κ3) is 1.36. The Morgan fingerprint density at radius 1 is 1.39 bits per heavy atom. The highest BCUT2D eigenvalue weighted by Gasteiger charge is 2.60. The van der Waals surface area contributed by atoms with Crippen LogP contribution in [-0.4, -0.2) is 19.1 Å². The minimum atomic E-state index is -3.79. The lowest BCUT2D eigenvalue weighted by atomic mass is 10.1. The van der Waals surface area contributed by atoms with Gasteiger partial charge in [-0.2, -0.15) is 5.26 Å². The van der Waals surface area contributed by atoms with Crippen LogP contribution in [0.3, 0.4) is 0 Å². The van der Waals surface area contributed by atoms with Crippen LogP contribution in [-0.2, 0) is 14.8 Å². The van der Waals surface area contributed by atoms with E-state index in [1.807, 2.05) is 0 Å². The van der Waals surface area contributed by atoms with Gasteiger partial charge in [-0.15, -0.1) is 0 Å². The molecule has 0 bridgehead atoms. The average Bonchev–Trinajstić information content (AvgIpc) is 2.30. The molecule has 1 fully saturated rings. The second-order valence-electron chi connectivity index (χ2n) is 4.36. The number of carbonyl (C=O) groups excluding carboxylic acids is 1. The van der Waals surface area contributed by atoms with Crippen LogP contribution in [0.1, 0.15) is 19.4 Å². The van der Waals surface area contributed by atoms with Gasteiger partial charge in [0, 0.05) is 0 Å². The maximum absolute atomic E-state index is 13.1. The summed E-state index contributed by atoms with van der Waals surface area (Å²) in [5, 5.41) is 8.67. The van der Waals surface area contributed by atoms with Crippen molar-refractivity contribution in [2.75, 3.05) is 4.31 Å². The first kappa shape index (κ1) is 12.5. The van der Waals surface area contributed by atoms with E-state index in [1.165, 1.54) is 13.8 Å². The van der Waals surface area contributed by atoms with Crippen LogP contribution < -0.4 is 4.31 Å². The highest BCUT2D eigenvalue weighted by Crippen LogP contribution is 2.39. The minimum Gasteiger partial charge on any atom is -0.272 e. The summed E-state index contributed by atoms with van der Waals surface area (Å²) in [6.45, 7) is 2.60. The number of nitrogens with zero attached hydrogens (tertiary/aromatic N) is 2. The Labute approximate surface area is 103 Å². The SMILES string of the molecule is CC1(C)C(=O)N(c2ccc(F)c(C#N)c2)S1(=O)=O. The molecule has 7 heteroatoms. The number of nitriles is 1. The van der Waals surface area contributed by atoms with Crippen molar-refractivity contribution in [3.05, 3.63) is 29.6 Å². The Morgan fingerprint density at radius 3 is 2.50 bits per heavy atom. The summed E-state index contributed by atoms with van der Waals surface area (Å²) >= 11 is 0. The number of halogens is 1. The van der Waals surface area contributed by atoms with Gasteiger partial charge in [-0.25, -0.2) is 17.1 Å². The summed E-state index contributed by atoms with van der Waals surface area (Å²) in [6.07, 6.45) is 0. The van der Waals surface area contributed by atoms with E-state index in [0.29, 0.717) is 4.31 Å². The quantitative estimate of drug-likeness (QED) is 0.765. The summed E-state index contributed by atoms with van der Waals surface area (Å²) in [6, 6.07) is 4.75. The third-order valence-corrected chi connectivity index (χ3v) is 5.21. The molecule has 18 heavy (non-hydrogen) atoms. The Bertz CT molecular complexity index is 689. The fourth-order valence-corrected chi connectivity index (χ4v) is 3.11. The fraction of sp³-hybridized carbons (Fsp3) is 0.273. The predicted octanol–water partition coefficient (Wildman–Crippen LogP) is 1.15. The summed E-state index contributed by atoms with van der Waals surface area (Å²) in [5.41, 5.74) is -0.322. The molecule has 1 aromatic carbocycles. The first-order valence-electron chi connectivity index (χ1n) is 5.02. The second kappa shape index (κ2) is 3.53. The normalized spacial score (nSPS) is 20.1. The number of anilines is 1. The molecule has 1 aliphatic heterocycles. The molecule has 0 atom stereocenters. The number of amides is 1. The molecule has 0 aliphatic carbocycles. The van der Waals surface area contributed by atoms with Crippen molar-refractivity contribution in [1.29, 1.82) is 5.26 Å². The van der Waals surface area contributed by atoms with Crippen LogP contribution in [0, 0.1) is 17.1 Å². The topological polar surface area (TPSA) is 78.2 Å². The van der Waals surface area contributed by atoms with Crippen molar-refractivity contribution < 1.29 is 17.6 Å². The van der Waals surface area contributed by atoms with E-state index in [1.54, 1.807) is 6.07 Å². The van der Waals surface area contributed by atoms with Crippen LogP contribution in [0.15, 0.2) is 18.2 Å². The molecule has 1 aliphatic rings. The highest BCUT2D eigenvalue weighted by atomic mass is 32.2. The molecule has 1 amide bonds. The third-order valence-electron chi connectivity index (χ3n) is 2.89. The maximum atomic E-state index is 13.1. The van der Waals surface area contributed by atoms with Gasteiger partial charge in [0.25, 0.3) is 15.9 Å². The number of benzene rings is 1. The van der Waals surface area contributed by atoms with Gasteiger partial charge in [0.05, 0.1) is 11.3 Å². The molecule has 1 saturated heterocycles. The number of sulfonamides is 1. The summed E-state index contributed by atoms with van der Waals surface area (Å²) in [5.74, 6) is -1.36. The zero-order valence-electron chi connectivity index (χ0n) is 9.64. The van der Waals surface area contributed by atoms with E-state index in [9.17, 15) is 17.6 Å². The smallest absolute Gasteiger partial charge is 0.263 e. The van der Waals surface area contributed by atoms with Crippen molar-refractivity contribution in [2.24, 2.45) is 0 Å². The highest BCUT2D eigenvalue weighted by molar-refractivity contribution is 7.98. The van der Waals surface area contributed by atoms with Crippen LogP contribution in [0.25, 0.3) is 0 Å². The second-order valence-corrected chi connectivity index (χ2v) is 6.70. The first-order chi connectivity index (χ1) is 8.23. The standard InChI is InChI=1S/C11H9FN2O3S/c1-11(2)10(15)14(18(11,16)17)8-3-4-9(12)7(5-8)6-13/h3-5H,1-2H3. The van der Waals surface area contributed by atoms with E-state index in [0.717, 1.165) is 18.2 Å². The van der Waals surface area contributed by atoms with E-state index in [-0.39, 0.29) is 11.3 Å². The largest absolute Gasteiger partial charge is 0.272 e. The van der Waals surface area contributed by atoms with Crippen LogP contribution in [0.4, 0.5) is 10.1 Å². The average molecular weight is 268 g/mol. The molecule has 0 N–H and O–H groups in total. The van der Waals surface area contributed by atoms with Gasteiger partial charge in [-0.1, -0.05) is 0 Å². The predicted molar refractivity (Wildman–Crippen MR) is 61.6 cm³/mol. The summed E-state index contributed by atoms with van der Waals surface area (Å²) in [4.78, 5) is 11.8. The molecule has 0 unspecified atom stereocenters. The van der Waals surface area contributed by atoms with Crippen molar-refractivity contribution in [1.82, 2.24) is 0 Å². The van der Waals surface area contributed by atoms with Crippen molar-refractivity contribution in [3.8, 4) is 6.07 Å². The van der Waals surface area contributed by atoms with Gasteiger partial charge in [0.2, 0.25) is 0 Å². The number of carbonyl (C=O) groups is 1. The Hall–Kier alpha value is -1.94. The van der Waals surface area contributed by atoms with Gasteiger partial charge in [-0.3, -0.25) is 4.79 Å². The monoisotopic (exact) mass is 268 g/mol. The molecule has 94 valence electrons. The van der Waals surface area contributed by atoms with Gasteiger partial charge in [-0.05, 0) is 32.0 Å². The maximum Gasteiger partial charge on any atom is 0.263 e. The van der Waals surface area contributed by atoms with E-state index in [4.69, 9.17) is 5.26 Å². The van der Waals surface area contributed by atoms with Crippen LogP contribution in [0.5, 0.6) is 0 Å². The number of rotatable bonds is 1. The molecule has 1 heterocycles. The lowest BCUT2D eigenvalue weighted by Gasteiger charge is -2.42. The van der Waals surface area contributed by atoms with E-state index in [2.05, 4.69) is 0 Å². The Morgan fingerprint density at radius 2 is 2.00 bits per heavy atom. The zero-order valence-corrected chi connectivity index (χ0v) is 10.5. The number of hydrogen-bond acceptors (Lipinski definition) is 4. The van der Waals surface area contributed by atoms with Crippen molar-refractivity contribution >= 4 is 21.6 Å². The van der Waals surface area contributed by atoms with Gasteiger partial charge in [0.1, 0.15) is 11.9 Å². The van der Waals surface area contributed by atoms with Crippen molar-refractivity contribution in [3.63, 3.8) is 0 Å². The molecule has 0 aromatic heterocycles. The summed E-state index contributed by atoms with van der Waals surface area (Å²) in [7, 11) is -3.79. The van der Waals surface area contributed by atoms with Crippen LogP contribution in [0.2, 0.25) is 0 Å². The van der Waals surface area contributed by atoms with Gasteiger partial charge < -0.3 is 0 Å². The Kier molecular flexibility index (Phi) is 2.45. The van der Waals surface area contributed by atoms with Crippen LogP contribution >= 0.6 is 0 Å². The molecule has 1 aromatic rings. The van der Waals surface area contributed by atoms with Gasteiger partial charge >= 0.3 is 0 Å². The van der Waals surface area contributed by atoms with E-state index < -0.39 is 26.5 Å². The molecular weight excluding hydrogens is 259 g/mol. The zero-order chi connectivity index (χ0) is 13.7. The van der Waals surface area contributed by atoms with E-state index >= 15 is 0 Å². The number of hydrogen-bond donors (Lipinski definition) is 0. The lowest BCUT2D eigenvalue weighted by Crippen LogP contribution is -2.67. The lowest BCUT2D eigenvalue weighted by molar-refractivity contribution is -0.120.